The Morgan fingerprint density at radius 1 is 1.24 bits per heavy atom. The molecule has 4 aliphatic heterocycles. The zero-order valence-corrected chi connectivity index (χ0v) is 21.2. The fourth-order valence-corrected chi connectivity index (χ4v) is 6.00. The zero-order valence-electron chi connectivity index (χ0n) is 20.4. The van der Waals surface area contributed by atoms with Gasteiger partial charge < -0.3 is 30.9 Å². The lowest BCUT2D eigenvalue weighted by Gasteiger charge is -2.41. The molecule has 0 radical (unpaired) electrons. The van der Waals surface area contributed by atoms with Gasteiger partial charge in [0.25, 0.3) is 0 Å². The highest BCUT2D eigenvalue weighted by Crippen LogP contribution is 2.26. The van der Waals surface area contributed by atoms with Crippen molar-refractivity contribution in [2.75, 3.05) is 66.1 Å². The molecule has 0 bridgehead atoms. The first kappa shape index (κ1) is 25.6. The van der Waals surface area contributed by atoms with E-state index in [-0.39, 0.29) is 29.9 Å². The minimum atomic E-state index is -0.153. The number of carbonyl (C=O) groups excluding carboxylic acids is 2. The van der Waals surface area contributed by atoms with Gasteiger partial charge in [-0.25, -0.2) is 0 Å². The van der Waals surface area contributed by atoms with E-state index in [2.05, 4.69) is 31.1 Å². The van der Waals surface area contributed by atoms with Crippen molar-refractivity contribution < 1.29 is 14.3 Å². The summed E-state index contributed by atoms with van der Waals surface area (Å²) in [7, 11) is 1.66. The van der Waals surface area contributed by atoms with Crippen LogP contribution in [0.1, 0.15) is 38.5 Å². The fourth-order valence-electron chi connectivity index (χ4n) is 5.73. The van der Waals surface area contributed by atoms with E-state index in [1.807, 2.05) is 4.90 Å². The second-order valence-corrected chi connectivity index (χ2v) is 10.3. The number of hydrogen-bond donors (Lipinski definition) is 4. The molecule has 10 nitrogen and oxygen atoms in total. The fraction of sp³-hybridized carbons (Fsp3) is 0.870. The SMILES string of the molecule is COCCNC(=S)N[C@@H]1C[C@H]2C(=O)NC[C@@H](CCC(=O)N3CCN(C4CCCCN4)CC3)N2C1. The van der Waals surface area contributed by atoms with Crippen LogP contribution in [0.15, 0.2) is 0 Å². The molecule has 34 heavy (non-hydrogen) atoms. The van der Waals surface area contributed by atoms with Gasteiger partial charge in [0.2, 0.25) is 11.8 Å². The standard InChI is InChI=1S/C23H41N7O3S/c1-33-13-8-25-23(34)27-17-14-19-22(32)26-15-18(30(19)16-17)5-6-21(31)29-11-9-28(10-12-29)20-4-2-3-7-24-20/h17-20,24H,2-16H2,1H3,(H,26,32)(H2,25,27,34)/t17-,18-,19+,20?/m1/s1. The Morgan fingerprint density at radius 2 is 2.06 bits per heavy atom. The minimum absolute atomic E-state index is 0.0811. The Hall–Kier alpha value is -1.53. The van der Waals surface area contributed by atoms with Gasteiger partial charge >= 0.3 is 0 Å². The van der Waals surface area contributed by atoms with Crippen LogP contribution in [-0.4, -0.2) is 122 Å². The Bertz CT molecular complexity index is 713. The Balaban J connectivity index is 1.21. The third kappa shape index (κ3) is 6.57. The molecule has 4 N–H and O–H groups in total. The molecule has 4 fully saturated rings. The number of fused-ring (bicyclic) bond motifs is 1. The van der Waals surface area contributed by atoms with Gasteiger partial charge in [0.05, 0.1) is 18.8 Å². The highest BCUT2D eigenvalue weighted by molar-refractivity contribution is 7.80. The number of thiocarbonyl (C=S) groups is 1. The average molecular weight is 496 g/mol. The largest absolute Gasteiger partial charge is 0.383 e. The molecule has 4 aliphatic rings. The van der Waals surface area contributed by atoms with Gasteiger partial charge in [-0.3, -0.25) is 19.4 Å². The maximum atomic E-state index is 13.0. The van der Waals surface area contributed by atoms with E-state index in [0.29, 0.717) is 37.4 Å². The minimum Gasteiger partial charge on any atom is -0.383 e. The van der Waals surface area contributed by atoms with E-state index >= 15 is 0 Å². The van der Waals surface area contributed by atoms with Crippen LogP contribution in [0, 0.1) is 0 Å². The van der Waals surface area contributed by atoms with E-state index in [0.717, 1.165) is 52.1 Å². The first-order valence-corrected chi connectivity index (χ1v) is 13.3. The predicted molar refractivity (Wildman–Crippen MR) is 134 cm³/mol. The average Bonchev–Trinajstić information content (AvgIpc) is 3.29. The van der Waals surface area contributed by atoms with Crippen molar-refractivity contribution in [3.63, 3.8) is 0 Å². The maximum Gasteiger partial charge on any atom is 0.237 e. The molecule has 0 saturated carbocycles. The van der Waals surface area contributed by atoms with E-state index < -0.39 is 0 Å². The van der Waals surface area contributed by atoms with Crippen LogP contribution < -0.4 is 21.3 Å². The molecule has 4 atom stereocenters. The first-order valence-electron chi connectivity index (χ1n) is 12.9. The van der Waals surface area contributed by atoms with Gasteiger partial charge in [0.15, 0.2) is 5.11 Å². The summed E-state index contributed by atoms with van der Waals surface area (Å²) < 4.78 is 5.04. The van der Waals surface area contributed by atoms with Crippen LogP contribution in [0.4, 0.5) is 0 Å². The van der Waals surface area contributed by atoms with Gasteiger partial charge in [0.1, 0.15) is 0 Å². The van der Waals surface area contributed by atoms with Crippen LogP contribution in [-0.2, 0) is 14.3 Å². The molecule has 0 spiro atoms. The van der Waals surface area contributed by atoms with E-state index in [1.54, 1.807) is 7.11 Å². The molecule has 11 heteroatoms. The second kappa shape index (κ2) is 12.4. The summed E-state index contributed by atoms with van der Waals surface area (Å²) >= 11 is 5.38. The Morgan fingerprint density at radius 3 is 2.79 bits per heavy atom. The normalized spacial score (nSPS) is 30.5. The van der Waals surface area contributed by atoms with Crippen molar-refractivity contribution in [2.45, 2.75) is 62.8 Å². The van der Waals surface area contributed by atoms with Crippen molar-refractivity contribution in [3.05, 3.63) is 0 Å². The predicted octanol–water partition coefficient (Wildman–Crippen LogP) is -0.938. The Kier molecular flexibility index (Phi) is 9.35. The van der Waals surface area contributed by atoms with E-state index in [1.165, 1.54) is 19.3 Å². The van der Waals surface area contributed by atoms with Gasteiger partial charge in [0, 0.05) is 71.4 Å². The molecule has 0 aromatic carbocycles. The number of nitrogens with zero attached hydrogens (tertiary/aromatic N) is 3. The van der Waals surface area contributed by atoms with Crippen molar-refractivity contribution >= 4 is 29.1 Å². The van der Waals surface area contributed by atoms with Crippen LogP contribution >= 0.6 is 12.2 Å². The summed E-state index contributed by atoms with van der Waals surface area (Å²) in [4.78, 5) is 32.2. The summed E-state index contributed by atoms with van der Waals surface area (Å²) in [6.07, 6.45) is 6.27. The summed E-state index contributed by atoms with van der Waals surface area (Å²) in [6, 6.07) is 0.150. The summed E-state index contributed by atoms with van der Waals surface area (Å²) in [5.74, 6) is 0.319. The monoisotopic (exact) mass is 495 g/mol. The topological polar surface area (TPSA) is 101 Å². The van der Waals surface area contributed by atoms with Crippen LogP contribution in [0.5, 0.6) is 0 Å². The number of piperazine rings is 2. The molecule has 4 saturated heterocycles. The lowest BCUT2D eigenvalue weighted by atomic mass is 10.0. The molecule has 0 aromatic heterocycles. The number of hydrogen-bond acceptors (Lipinski definition) is 7. The van der Waals surface area contributed by atoms with Gasteiger partial charge in [-0.2, -0.15) is 0 Å². The van der Waals surface area contributed by atoms with E-state index in [9.17, 15) is 9.59 Å². The molecule has 2 amide bonds. The number of methoxy groups -OCH3 is 1. The molecular formula is C23H41N7O3S. The summed E-state index contributed by atoms with van der Waals surface area (Å²) in [5.41, 5.74) is 0. The number of ether oxygens (including phenoxy) is 1. The molecule has 4 heterocycles. The Labute approximate surface area is 208 Å². The third-order valence-corrected chi connectivity index (χ3v) is 7.90. The lowest BCUT2D eigenvalue weighted by molar-refractivity contribution is -0.134. The summed E-state index contributed by atoms with van der Waals surface area (Å²) in [6.45, 7) is 7.22. The van der Waals surface area contributed by atoms with Crippen molar-refractivity contribution in [1.29, 1.82) is 0 Å². The van der Waals surface area contributed by atoms with Gasteiger partial charge in [-0.05, 0) is 50.9 Å². The number of rotatable bonds is 8. The molecule has 4 rings (SSSR count). The van der Waals surface area contributed by atoms with Crippen molar-refractivity contribution in [2.24, 2.45) is 0 Å². The number of carbonyl (C=O) groups is 2. The quantitative estimate of drug-likeness (QED) is 0.251. The molecular weight excluding hydrogens is 454 g/mol. The molecule has 0 aromatic rings. The second-order valence-electron chi connectivity index (χ2n) is 9.86. The van der Waals surface area contributed by atoms with Crippen molar-refractivity contribution in [3.8, 4) is 0 Å². The van der Waals surface area contributed by atoms with Gasteiger partial charge in [-0.1, -0.05) is 0 Å². The molecule has 192 valence electrons. The third-order valence-electron chi connectivity index (χ3n) is 7.63. The van der Waals surface area contributed by atoms with E-state index in [4.69, 9.17) is 17.0 Å². The van der Waals surface area contributed by atoms with Crippen LogP contribution in [0.2, 0.25) is 0 Å². The molecule has 0 aliphatic carbocycles. The summed E-state index contributed by atoms with van der Waals surface area (Å²) in [5, 5.41) is 13.7. The smallest absolute Gasteiger partial charge is 0.237 e. The van der Waals surface area contributed by atoms with Crippen LogP contribution in [0.25, 0.3) is 0 Å². The zero-order chi connectivity index (χ0) is 23.9. The first-order chi connectivity index (χ1) is 16.5. The highest BCUT2D eigenvalue weighted by Gasteiger charge is 2.43. The number of amides is 2. The molecule has 1 unspecified atom stereocenters. The highest BCUT2D eigenvalue weighted by atomic mass is 32.1. The van der Waals surface area contributed by atoms with Crippen LogP contribution in [0.3, 0.4) is 0 Å². The van der Waals surface area contributed by atoms with Gasteiger partial charge in [-0.15, -0.1) is 0 Å². The lowest BCUT2D eigenvalue weighted by Crippen LogP contribution is -2.58. The number of piperidine rings is 1. The number of nitrogens with one attached hydrogen (secondary N) is 4. The maximum absolute atomic E-state index is 13.0. The van der Waals surface area contributed by atoms with Crippen molar-refractivity contribution in [1.82, 2.24) is 36.0 Å².